The number of rotatable bonds is 3. The Morgan fingerprint density at radius 2 is 2.13 bits per heavy atom. The van der Waals surface area contributed by atoms with E-state index in [4.69, 9.17) is 4.74 Å². The molecule has 0 bridgehead atoms. The van der Waals surface area contributed by atoms with Crippen LogP contribution in [0.4, 0.5) is 0 Å². The number of methoxy groups -OCH3 is 1. The predicted octanol–water partition coefficient (Wildman–Crippen LogP) is 1.14. The molecule has 5 heteroatoms. The van der Waals surface area contributed by atoms with Crippen molar-refractivity contribution >= 4 is 5.78 Å². The lowest BCUT2D eigenvalue weighted by Crippen LogP contribution is -2.48. The van der Waals surface area contributed by atoms with Crippen molar-refractivity contribution in [2.45, 2.75) is 26.3 Å². The number of ketones is 1. The normalized spacial score (nSPS) is 36.6. The Bertz CT molecular complexity index is 266. The van der Waals surface area contributed by atoms with Crippen molar-refractivity contribution in [2.75, 3.05) is 13.7 Å². The lowest BCUT2D eigenvalue weighted by atomic mass is 9.71. The van der Waals surface area contributed by atoms with Gasteiger partial charge in [-0.2, -0.15) is 0 Å². The van der Waals surface area contributed by atoms with Crippen LogP contribution in [0.15, 0.2) is 0 Å². The fourth-order valence-corrected chi connectivity index (χ4v) is 2.38. The highest BCUT2D eigenvalue weighted by Crippen LogP contribution is 2.33. The van der Waals surface area contributed by atoms with E-state index in [1.165, 1.54) is 7.11 Å². The van der Waals surface area contributed by atoms with Gasteiger partial charge in [-0.15, -0.1) is 0 Å². The minimum absolute atomic E-state index is 0.114. The fourth-order valence-electron chi connectivity index (χ4n) is 2.38. The van der Waals surface area contributed by atoms with Crippen molar-refractivity contribution in [3.05, 3.63) is 10.1 Å². The fraction of sp³-hybridized carbons (Fsp3) is 0.900. The molecule has 86 valence electrons. The summed E-state index contributed by atoms with van der Waals surface area (Å²) in [5.74, 6) is -0.635. The molecule has 0 aliphatic heterocycles. The highest BCUT2D eigenvalue weighted by atomic mass is 16.6. The molecule has 0 aromatic carbocycles. The first kappa shape index (κ1) is 12.1. The molecule has 0 radical (unpaired) electrons. The molecular formula is C10H17NO4. The third-order valence-electron chi connectivity index (χ3n) is 3.30. The van der Waals surface area contributed by atoms with Crippen molar-refractivity contribution in [3.63, 3.8) is 0 Å². The van der Waals surface area contributed by atoms with Gasteiger partial charge in [-0.05, 0) is 0 Å². The molecule has 15 heavy (non-hydrogen) atoms. The number of carbonyl (C=O) groups is 1. The highest BCUT2D eigenvalue weighted by Gasteiger charge is 2.47. The minimum Gasteiger partial charge on any atom is -0.384 e. The molecule has 1 fully saturated rings. The summed E-state index contributed by atoms with van der Waals surface area (Å²) in [6, 6.07) is -0.655. The van der Waals surface area contributed by atoms with Crippen molar-refractivity contribution in [3.8, 4) is 0 Å². The summed E-state index contributed by atoms with van der Waals surface area (Å²) in [6.07, 6.45) is 0.313. The summed E-state index contributed by atoms with van der Waals surface area (Å²) in [6.45, 7) is 3.80. The zero-order valence-electron chi connectivity index (χ0n) is 9.30. The topological polar surface area (TPSA) is 69.4 Å². The van der Waals surface area contributed by atoms with Gasteiger partial charge in [-0.25, -0.2) is 0 Å². The largest absolute Gasteiger partial charge is 0.384 e. The maximum atomic E-state index is 11.6. The van der Waals surface area contributed by atoms with Gasteiger partial charge in [0, 0.05) is 30.3 Å². The first-order valence-electron chi connectivity index (χ1n) is 5.14. The lowest BCUT2D eigenvalue weighted by Gasteiger charge is -2.33. The maximum Gasteiger partial charge on any atom is 0.221 e. The second-order valence-electron chi connectivity index (χ2n) is 4.33. The van der Waals surface area contributed by atoms with Crippen LogP contribution >= 0.6 is 0 Å². The van der Waals surface area contributed by atoms with E-state index < -0.39 is 6.04 Å². The highest BCUT2D eigenvalue weighted by molar-refractivity contribution is 5.82. The molecule has 4 atom stereocenters. The van der Waals surface area contributed by atoms with Crippen LogP contribution in [0, 0.1) is 27.9 Å². The second-order valence-corrected chi connectivity index (χ2v) is 4.33. The summed E-state index contributed by atoms with van der Waals surface area (Å²) in [5.41, 5.74) is 0. The number of hydrogen-bond acceptors (Lipinski definition) is 4. The van der Waals surface area contributed by atoms with Crippen LogP contribution in [0.5, 0.6) is 0 Å². The van der Waals surface area contributed by atoms with Gasteiger partial charge in [-0.1, -0.05) is 13.8 Å². The van der Waals surface area contributed by atoms with Gasteiger partial charge in [0.25, 0.3) is 0 Å². The van der Waals surface area contributed by atoms with Crippen molar-refractivity contribution < 1.29 is 14.5 Å². The molecule has 5 nitrogen and oxygen atoms in total. The van der Waals surface area contributed by atoms with Crippen LogP contribution in [-0.2, 0) is 9.53 Å². The van der Waals surface area contributed by atoms with E-state index in [0.717, 1.165) is 0 Å². The third-order valence-corrected chi connectivity index (χ3v) is 3.30. The molecule has 1 aliphatic rings. The molecule has 0 saturated heterocycles. The van der Waals surface area contributed by atoms with Gasteiger partial charge in [0.1, 0.15) is 5.78 Å². The predicted molar refractivity (Wildman–Crippen MR) is 54.1 cm³/mol. The number of nitro groups is 1. The summed E-state index contributed by atoms with van der Waals surface area (Å²) in [4.78, 5) is 22.3. The Hall–Kier alpha value is -0.970. The number of hydrogen-bond donors (Lipinski definition) is 0. The van der Waals surface area contributed by atoms with Crippen LogP contribution in [-0.4, -0.2) is 30.5 Å². The molecule has 0 aromatic rings. The summed E-state index contributed by atoms with van der Waals surface area (Å²) < 4.78 is 4.97. The van der Waals surface area contributed by atoms with E-state index in [1.807, 2.05) is 0 Å². The van der Waals surface area contributed by atoms with Gasteiger partial charge in [0.15, 0.2) is 0 Å². The molecule has 1 rings (SSSR count). The van der Waals surface area contributed by atoms with E-state index in [-0.39, 0.29) is 35.1 Å². The third kappa shape index (κ3) is 2.34. The molecule has 0 amide bonds. The average Bonchev–Trinajstić information content (AvgIpc) is 2.13. The zero-order valence-corrected chi connectivity index (χ0v) is 9.30. The van der Waals surface area contributed by atoms with Crippen LogP contribution in [0.3, 0.4) is 0 Å². The van der Waals surface area contributed by atoms with E-state index >= 15 is 0 Å². The van der Waals surface area contributed by atoms with Gasteiger partial charge in [0.2, 0.25) is 6.04 Å². The van der Waals surface area contributed by atoms with Crippen molar-refractivity contribution in [1.82, 2.24) is 0 Å². The summed E-state index contributed by atoms with van der Waals surface area (Å²) in [7, 11) is 1.51. The van der Waals surface area contributed by atoms with Crippen LogP contribution in [0.25, 0.3) is 0 Å². The smallest absolute Gasteiger partial charge is 0.221 e. The van der Waals surface area contributed by atoms with Gasteiger partial charge in [-0.3, -0.25) is 14.9 Å². The molecule has 1 saturated carbocycles. The number of carbonyl (C=O) groups excluding carboxylic acids is 1. The van der Waals surface area contributed by atoms with E-state index in [9.17, 15) is 14.9 Å². The van der Waals surface area contributed by atoms with Crippen molar-refractivity contribution in [1.29, 1.82) is 0 Å². The second kappa shape index (κ2) is 4.70. The standard InChI is InChI=1S/C10H17NO4/c1-6-4-9(12)7(2)8(5-15-3)10(6)11(13)14/h6-8,10H,4-5H2,1-3H3/t6-,7+,8-,10+/m0/s1. The molecule has 0 aromatic heterocycles. The molecule has 0 spiro atoms. The quantitative estimate of drug-likeness (QED) is 0.523. The minimum atomic E-state index is -0.655. The monoisotopic (exact) mass is 215 g/mol. The van der Waals surface area contributed by atoms with Gasteiger partial charge in [0.05, 0.1) is 12.5 Å². The summed E-state index contributed by atoms with van der Waals surface area (Å²) in [5, 5.41) is 10.9. The molecule has 0 unspecified atom stereocenters. The number of Topliss-reactive ketones (excluding diaryl/α,β-unsaturated/α-hetero) is 1. The van der Waals surface area contributed by atoms with Crippen LogP contribution in [0.2, 0.25) is 0 Å². The van der Waals surface area contributed by atoms with Crippen molar-refractivity contribution in [2.24, 2.45) is 17.8 Å². The Labute approximate surface area is 88.9 Å². The Morgan fingerprint density at radius 1 is 1.53 bits per heavy atom. The first-order chi connectivity index (χ1) is 6.99. The van der Waals surface area contributed by atoms with Crippen LogP contribution in [0.1, 0.15) is 20.3 Å². The van der Waals surface area contributed by atoms with E-state index in [2.05, 4.69) is 0 Å². The Kier molecular flexibility index (Phi) is 3.79. The maximum absolute atomic E-state index is 11.6. The Morgan fingerprint density at radius 3 is 2.60 bits per heavy atom. The molecular weight excluding hydrogens is 198 g/mol. The Balaban J connectivity index is 2.89. The molecule has 1 aliphatic carbocycles. The van der Waals surface area contributed by atoms with Gasteiger partial charge < -0.3 is 4.74 Å². The van der Waals surface area contributed by atoms with Gasteiger partial charge >= 0.3 is 0 Å². The molecule has 0 N–H and O–H groups in total. The first-order valence-corrected chi connectivity index (χ1v) is 5.14. The van der Waals surface area contributed by atoms with Crippen LogP contribution < -0.4 is 0 Å². The van der Waals surface area contributed by atoms with E-state index in [1.54, 1.807) is 13.8 Å². The SMILES string of the molecule is COC[C@@H]1[C@H]([N+](=O)[O-])[C@@H](C)CC(=O)[C@@H]1C. The number of nitrogens with zero attached hydrogens (tertiary/aromatic N) is 1. The average molecular weight is 215 g/mol. The number of ether oxygens (including phenoxy) is 1. The summed E-state index contributed by atoms with van der Waals surface area (Å²) >= 11 is 0. The zero-order chi connectivity index (χ0) is 11.6. The molecule has 0 heterocycles. The van der Waals surface area contributed by atoms with E-state index in [0.29, 0.717) is 6.42 Å². The lowest BCUT2D eigenvalue weighted by molar-refractivity contribution is -0.545.